The summed E-state index contributed by atoms with van der Waals surface area (Å²) in [6.07, 6.45) is 6.63. The van der Waals surface area contributed by atoms with Gasteiger partial charge in [-0.15, -0.1) is 0 Å². The van der Waals surface area contributed by atoms with Crippen LogP contribution in [0.1, 0.15) is 127 Å². The number of rotatable bonds is 21. The Kier molecular flexibility index (Phi) is 35.3. The van der Waals surface area contributed by atoms with Gasteiger partial charge in [0.1, 0.15) is 69.9 Å². The highest BCUT2D eigenvalue weighted by molar-refractivity contribution is 6.62. The molecule has 8 aromatic carbocycles. The van der Waals surface area contributed by atoms with E-state index < -0.39 is 47.8 Å². The SMILES string of the molecule is CC.COC(=O)OCc1ccc(OC)c(-c2cccc(Cl)c2)c1F.COC(=O)c1ccc(B2OC(C)(C)C(C)(C)O2)cn1.COC(=O)c1ccc(Cc2ccc(OC)c(-c3cccc(Cl)c3)c2F)cn1.COc1ccc(Cc2ccc(C(C)(C)O)nc2)c(F)c1-c1cccc(Cl)c1.COc1ccc(Cc2ccc(CO)nc2)c(F)c1-c1cccc(Cl)c1. The van der Waals surface area contributed by atoms with E-state index in [9.17, 15) is 23.9 Å². The van der Waals surface area contributed by atoms with Crippen molar-refractivity contribution in [2.75, 3.05) is 49.8 Å². The van der Waals surface area contributed by atoms with Crippen LogP contribution < -0.4 is 24.4 Å². The minimum absolute atomic E-state index is 0.115. The summed E-state index contributed by atoms with van der Waals surface area (Å²) in [6.45, 7) is 15.0. The second-order valence-electron chi connectivity index (χ2n) is 28.3. The third-order valence-electron chi connectivity index (χ3n) is 19.2. The molecule has 122 heavy (non-hydrogen) atoms. The molecule has 1 fully saturated rings. The largest absolute Gasteiger partial charge is 0.508 e. The number of benzene rings is 8. The maximum Gasteiger partial charge on any atom is 0.508 e. The van der Waals surface area contributed by atoms with Crippen molar-refractivity contribution in [2.45, 2.75) is 105 Å². The molecule has 0 saturated carbocycles. The van der Waals surface area contributed by atoms with Crippen LogP contribution in [0.25, 0.3) is 44.5 Å². The number of carbonyl (C=O) groups is 3. The van der Waals surface area contributed by atoms with Crippen molar-refractivity contribution in [3.8, 4) is 67.5 Å². The number of esters is 2. The van der Waals surface area contributed by atoms with Gasteiger partial charge in [0.25, 0.3) is 0 Å². The average molecular weight is 1750 g/mol. The van der Waals surface area contributed by atoms with E-state index in [0.29, 0.717) is 129 Å². The Morgan fingerprint density at radius 1 is 0.426 bits per heavy atom. The molecule has 638 valence electrons. The number of nitrogens with zero attached hydrogens (tertiary/aromatic N) is 4. The van der Waals surface area contributed by atoms with Crippen LogP contribution in [-0.4, -0.2) is 116 Å². The van der Waals surface area contributed by atoms with Gasteiger partial charge >= 0.3 is 25.2 Å². The van der Waals surface area contributed by atoms with Crippen LogP contribution in [0.5, 0.6) is 23.0 Å². The van der Waals surface area contributed by atoms with Crippen LogP contribution >= 0.6 is 46.4 Å². The van der Waals surface area contributed by atoms with Crippen molar-refractivity contribution in [1.29, 1.82) is 0 Å². The molecule has 0 radical (unpaired) electrons. The molecule has 28 heteroatoms. The number of pyridine rings is 4. The lowest BCUT2D eigenvalue weighted by Crippen LogP contribution is -2.41. The standard InChI is InChI=1S/C22H21ClFNO2.C21H17ClFNO3.C20H17ClFNO2.C16H14ClFO4.C13H18BNO4.C2H6/c1-22(2,26)19-10-7-14(13-25-19)11-16-8-9-18(27-3)20(21(16)24)15-5-4-6-17(23)12-15;1-26-18-9-7-15(10-13-6-8-17(24-12-13)21(25)27-2)20(23)19(18)14-4-3-5-16(22)11-14;1-25-18-8-6-15(9-13-5-7-17(12-24)23-11-13)20(22)19(18)14-3-2-4-16(21)10-14;1-20-13-7-6-11(9-22-16(19)21-2)15(18)14(13)10-4-3-5-12(17)8-10;1-12(2)13(3,4)19-14(18-12)9-6-7-10(15-8-9)11(16)17-5;1-2/h4-10,12-13,26H,11H2,1-3H3;3-9,11-12H,10H2,1-2H3;2-8,10-11,24H,9,12H2,1H3;3-8H,9H2,1-2H3;6-8H,1-5H3;1-2H3. The molecule has 0 spiro atoms. The fourth-order valence-corrected chi connectivity index (χ4v) is 12.9. The molecule has 13 rings (SSSR count). The first kappa shape index (κ1) is 96.0. The number of carbonyl (C=O) groups excluding carboxylic acids is 3. The van der Waals surface area contributed by atoms with Gasteiger partial charge in [-0.2, -0.15) is 0 Å². The summed E-state index contributed by atoms with van der Waals surface area (Å²) in [5, 5.41) is 21.1. The summed E-state index contributed by atoms with van der Waals surface area (Å²) >= 11 is 24.1. The molecule has 19 nitrogen and oxygen atoms in total. The van der Waals surface area contributed by atoms with E-state index in [0.717, 1.165) is 22.2 Å². The first-order valence-electron chi connectivity index (χ1n) is 38.1. The third-order valence-corrected chi connectivity index (χ3v) is 20.1. The quantitative estimate of drug-likeness (QED) is 0.0294. The summed E-state index contributed by atoms with van der Waals surface area (Å²) < 4.78 is 112. The van der Waals surface area contributed by atoms with Gasteiger partial charge in [0.05, 0.1) is 101 Å². The zero-order valence-electron chi connectivity index (χ0n) is 69.9. The van der Waals surface area contributed by atoms with E-state index in [1.807, 2.05) is 53.7 Å². The smallest absolute Gasteiger partial charge is 0.496 e. The van der Waals surface area contributed by atoms with Crippen molar-refractivity contribution >= 4 is 77.1 Å². The zero-order chi connectivity index (χ0) is 89.2. The van der Waals surface area contributed by atoms with Crippen molar-refractivity contribution in [3.05, 3.63) is 324 Å². The summed E-state index contributed by atoms with van der Waals surface area (Å²) in [7, 11) is 9.31. The van der Waals surface area contributed by atoms with Crippen LogP contribution in [0, 0.1) is 23.3 Å². The molecule has 4 aromatic heterocycles. The summed E-state index contributed by atoms with van der Waals surface area (Å²) in [5.41, 5.74) is 8.79. The minimum atomic E-state index is -1.01. The Labute approximate surface area is 727 Å². The van der Waals surface area contributed by atoms with Crippen molar-refractivity contribution in [2.24, 2.45) is 0 Å². The van der Waals surface area contributed by atoms with Crippen LogP contribution in [0.3, 0.4) is 0 Å². The first-order chi connectivity index (χ1) is 58.3. The minimum Gasteiger partial charge on any atom is -0.496 e. The van der Waals surface area contributed by atoms with Crippen LogP contribution in [-0.2, 0) is 66.3 Å². The second-order valence-corrected chi connectivity index (χ2v) is 30.1. The van der Waals surface area contributed by atoms with Gasteiger partial charge in [0.15, 0.2) is 0 Å². The molecule has 0 amide bonds. The number of hydrogen-bond acceptors (Lipinski definition) is 19. The molecule has 1 aliphatic heterocycles. The highest BCUT2D eigenvalue weighted by Crippen LogP contribution is 2.42. The molecule has 0 atom stereocenters. The Morgan fingerprint density at radius 2 is 0.762 bits per heavy atom. The van der Waals surface area contributed by atoms with Crippen LogP contribution in [0.15, 0.2) is 219 Å². The lowest BCUT2D eigenvalue weighted by Gasteiger charge is -2.32. The lowest BCUT2D eigenvalue weighted by atomic mass is 9.80. The van der Waals surface area contributed by atoms with Crippen molar-refractivity contribution in [3.63, 3.8) is 0 Å². The number of hydrogen-bond donors (Lipinski definition) is 2. The zero-order valence-corrected chi connectivity index (χ0v) is 72.9. The predicted molar refractivity (Wildman–Crippen MR) is 467 cm³/mol. The number of aromatic nitrogens is 4. The number of ether oxygens (including phenoxy) is 8. The van der Waals surface area contributed by atoms with Crippen LogP contribution in [0.2, 0.25) is 20.1 Å². The monoisotopic (exact) mass is 1740 g/mol. The summed E-state index contributed by atoms with van der Waals surface area (Å²) in [6, 6.07) is 55.1. The van der Waals surface area contributed by atoms with Gasteiger partial charge in [-0.3, -0.25) is 9.97 Å². The van der Waals surface area contributed by atoms with E-state index in [2.05, 4.69) is 34.1 Å². The van der Waals surface area contributed by atoms with E-state index in [-0.39, 0.29) is 53.2 Å². The molecule has 0 unspecified atom stereocenters. The van der Waals surface area contributed by atoms with Gasteiger partial charge in [-0.05, 0) is 200 Å². The van der Waals surface area contributed by atoms with Gasteiger partial charge < -0.3 is 57.4 Å². The van der Waals surface area contributed by atoms with Gasteiger partial charge in [-0.1, -0.05) is 151 Å². The molecule has 0 aliphatic carbocycles. The van der Waals surface area contributed by atoms with Crippen molar-refractivity contribution in [1.82, 2.24) is 19.9 Å². The van der Waals surface area contributed by atoms with E-state index in [1.165, 1.54) is 62.0 Å². The van der Waals surface area contributed by atoms with Gasteiger partial charge in [0, 0.05) is 75.2 Å². The number of halogens is 8. The fourth-order valence-electron chi connectivity index (χ4n) is 12.2. The third kappa shape index (κ3) is 25.4. The molecule has 12 aromatic rings. The molecule has 2 N–H and O–H groups in total. The van der Waals surface area contributed by atoms with Crippen LogP contribution in [0.4, 0.5) is 22.4 Å². The highest BCUT2D eigenvalue weighted by atomic mass is 35.5. The predicted octanol–water partition coefficient (Wildman–Crippen LogP) is 21.6. The highest BCUT2D eigenvalue weighted by Gasteiger charge is 2.52. The number of methoxy groups -OCH3 is 7. The Balaban J connectivity index is 0.000000189. The Morgan fingerprint density at radius 3 is 1.05 bits per heavy atom. The number of aliphatic hydroxyl groups excluding tert-OH is 1. The number of aliphatic hydroxyl groups is 2. The average Bonchev–Trinajstić information content (AvgIpc) is 1.58. The van der Waals surface area contributed by atoms with Crippen molar-refractivity contribution < 1.29 is 89.4 Å². The Hall–Kier alpha value is -11.4. The molecular weight excluding hydrogens is 1650 g/mol. The molecular formula is C94H93BCl4F4N4O15. The molecule has 1 aliphatic rings. The fraction of sp³-hybridized carbons (Fsp3) is 0.245. The maximum atomic E-state index is 15.3. The molecule has 1 saturated heterocycles. The topological polar surface area (TPSA) is 236 Å². The normalized spacial score (nSPS) is 12.1. The summed E-state index contributed by atoms with van der Waals surface area (Å²) in [5.74, 6) is -0.873. The van der Waals surface area contributed by atoms with E-state index >= 15 is 13.2 Å². The van der Waals surface area contributed by atoms with Gasteiger partial charge in [-0.25, -0.2) is 41.9 Å². The van der Waals surface area contributed by atoms with E-state index in [1.54, 1.807) is 208 Å². The Bertz CT molecular complexity index is 5520. The summed E-state index contributed by atoms with van der Waals surface area (Å²) in [4.78, 5) is 50.3. The first-order valence-corrected chi connectivity index (χ1v) is 39.6. The second kappa shape index (κ2) is 44.9. The molecule has 0 bridgehead atoms. The van der Waals surface area contributed by atoms with E-state index in [4.69, 9.17) is 84.5 Å². The maximum absolute atomic E-state index is 15.3. The molecule has 5 heterocycles. The van der Waals surface area contributed by atoms with Gasteiger partial charge in [0.2, 0.25) is 0 Å². The lowest BCUT2D eigenvalue weighted by molar-refractivity contribution is 0.00578.